The first-order chi connectivity index (χ1) is 11.9. The number of nitro groups is 1. The molecule has 0 unspecified atom stereocenters. The van der Waals surface area contributed by atoms with Gasteiger partial charge in [-0.05, 0) is 13.8 Å². The number of carbonyl (C=O) groups excluding carboxylic acids is 1. The molecule has 140 valence electrons. The van der Waals surface area contributed by atoms with Crippen LogP contribution in [0.25, 0.3) is 0 Å². The van der Waals surface area contributed by atoms with Gasteiger partial charge in [-0.25, -0.2) is 0 Å². The average Bonchev–Trinajstić information content (AvgIpc) is 2.59. The number of benzene rings is 1. The van der Waals surface area contributed by atoms with Gasteiger partial charge in [-0.15, -0.1) is 0 Å². The summed E-state index contributed by atoms with van der Waals surface area (Å²) >= 11 is 0. The lowest BCUT2D eigenvalue weighted by molar-refractivity contribution is -0.386. The fraction of sp³-hybridized carbons (Fsp3) is 0.562. The number of amides is 1. The highest BCUT2D eigenvalue weighted by molar-refractivity contribution is 6.00. The van der Waals surface area contributed by atoms with E-state index in [0.717, 1.165) is 0 Å². The number of nitro benzene ring substituents is 1. The molecule has 9 nitrogen and oxygen atoms in total. The van der Waals surface area contributed by atoms with E-state index in [1.807, 2.05) is 0 Å². The van der Waals surface area contributed by atoms with E-state index in [1.165, 1.54) is 39.4 Å². The molecule has 0 aliphatic heterocycles. The maximum atomic E-state index is 13.0. The molecule has 0 aromatic heterocycles. The van der Waals surface area contributed by atoms with Crippen molar-refractivity contribution in [2.45, 2.75) is 19.9 Å². The predicted octanol–water partition coefficient (Wildman–Crippen LogP) is 2.12. The fourth-order valence-electron chi connectivity index (χ4n) is 2.63. The first-order valence-corrected chi connectivity index (χ1v) is 7.65. The summed E-state index contributed by atoms with van der Waals surface area (Å²) in [5.41, 5.74) is -0.600. The summed E-state index contributed by atoms with van der Waals surface area (Å²) in [4.78, 5) is 25.4. The van der Waals surface area contributed by atoms with Crippen LogP contribution in [-0.2, 0) is 4.74 Å². The number of hydrogen-bond donors (Lipinski definition) is 0. The van der Waals surface area contributed by atoms with Crippen molar-refractivity contribution in [3.05, 3.63) is 21.7 Å². The second-order valence-corrected chi connectivity index (χ2v) is 5.19. The molecule has 0 aliphatic carbocycles. The maximum absolute atomic E-state index is 13.0. The van der Waals surface area contributed by atoms with Crippen LogP contribution in [-0.4, -0.2) is 63.4 Å². The largest absolute Gasteiger partial charge is 0.493 e. The van der Waals surface area contributed by atoms with Gasteiger partial charge in [-0.3, -0.25) is 14.9 Å². The highest BCUT2D eigenvalue weighted by Crippen LogP contribution is 2.46. The molecule has 0 saturated carbocycles. The zero-order chi connectivity index (χ0) is 19.1. The Morgan fingerprint density at radius 3 is 2.20 bits per heavy atom. The summed E-state index contributed by atoms with van der Waals surface area (Å²) < 4.78 is 20.6. The zero-order valence-corrected chi connectivity index (χ0v) is 15.3. The van der Waals surface area contributed by atoms with Crippen molar-refractivity contribution >= 4 is 11.6 Å². The molecule has 1 aromatic rings. The number of methoxy groups -OCH3 is 4. The highest BCUT2D eigenvalue weighted by Gasteiger charge is 2.35. The summed E-state index contributed by atoms with van der Waals surface area (Å²) in [6.07, 6.45) is 0. The van der Waals surface area contributed by atoms with E-state index >= 15 is 0 Å². The van der Waals surface area contributed by atoms with Gasteiger partial charge in [-0.1, -0.05) is 0 Å². The third-order valence-electron chi connectivity index (χ3n) is 3.76. The Labute approximate surface area is 146 Å². The smallest absolute Gasteiger partial charge is 0.327 e. The van der Waals surface area contributed by atoms with Crippen LogP contribution in [0.3, 0.4) is 0 Å². The second kappa shape index (κ2) is 9.07. The molecule has 1 atom stereocenters. The second-order valence-electron chi connectivity index (χ2n) is 5.19. The Kier molecular flexibility index (Phi) is 7.43. The van der Waals surface area contributed by atoms with Gasteiger partial charge in [0, 0.05) is 19.7 Å². The van der Waals surface area contributed by atoms with Gasteiger partial charge in [0.1, 0.15) is 5.56 Å². The number of hydrogen-bond acceptors (Lipinski definition) is 7. The van der Waals surface area contributed by atoms with Crippen molar-refractivity contribution in [2.24, 2.45) is 0 Å². The maximum Gasteiger partial charge on any atom is 0.327 e. The van der Waals surface area contributed by atoms with Crippen molar-refractivity contribution in [3.8, 4) is 17.2 Å². The van der Waals surface area contributed by atoms with E-state index in [2.05, 4.69) is 0 Å². The number of carbonyl (C=O) groups is 1. The molecule has 1 rings (SSSR count). The number of likely N-dealkylation sites (N-methyl/N-ethyl adjacent to an activating group) is 1. The Morgan fingerprint density at radius 2 is 1.80 bits per heavy atom. The third-order valence-corrected chi connectivity index (χ3v) is 3.76. The van der Waals surface area contributed by atoms with Gasteiger partial charge in [0.2, 0.25) is 11.5 Å². The van der Waals surface area contributed by atoms with E-state index in [9.17, 15) is 14.9 Å². The Morgan fingerprint density at radius 1 is 1.20 bits per heavy atom. The molecule has 1 amide bonds. The van der Waals surface area contributed by atoms with Gasteiger partial charge in [0.25, 0.3) is 5.91 Å². The van der Waals surface area contributed by atoms with Gasteiger partial charge < -0.3 is 23.8 Å². The van der Waals surface area contributed by atoms with Crippen molar-refractivity contribution in [1.82, 2.24) is 4.90 Å². The lowest BCUT2D eigenvalue weighted by Gasteiger charge is -2.28. The van der Waals surface area contributed by atoms with Crippen molar-refractivity contribution < 1.29 is 28.7 Å². The van der Waals surface area contributed by atoms with Crippen molar-refractivity contribution in [3.63, 3.8) is 0 Å². The average molecular weight is 356 g/mol. The Hall–Kier alpha value is -2.55. The number of rotatable bonds is 9. The lowest BCUT2D eigenvalue weighted by Crippen LogP contribution is -2.41. The minimum Gasteiger partial charge on any atom is -0.493 e. The monoisotopic (exact) mass is 356 g/mol. The molecular formula is C16H24N2O7. The van der Waals surface area contributed by atoms with Crippen molar-refractivity contribution in [2.75, 3.05) is 41.6 Å². The first-order valence-electron chi connectivity index (χ1n) is 7.65. The highest BCUT2D eigenvalue weighted by atomic mass is 16.6. The van der Waals surface area contributed by atoms with Crippen molar-refractivity contribution in [1.29, 1.82) is 0 Å². The van der Waals surface area contributed by atoms with Gasteiger partial charge >= 0.3 is 5.69 Å². The predicted molar refractivity (Wildman–Crippen MR) is 90.8 cm³/mol. The minimum absolute atomic E-state index is 0.0567. The van der Waals surface area contributed by atoms with E-state index in [-0.39, 0.29) is 28.9 Å². The van der Waals surface area contributed by atoms with Gasteiger partial charge in [-0.2, -0.15) is 0 Å². The summed E-state index contributed by atoms with van der Waals surface area (Å²) in [5.74, 6) is -0.450. The molecule has 0 aliphatic rings. The molecule has 0 radical (unpaired) electrons. The third kappa shape index (κ3) is 4.11. The molecule has 0 N–H and O–H groups in total. The molecule has 1 aromatic carbocycles. The Balaban J connectivity index is 3.61. The SMILES string of the molecule is CCN(C(=O)c1cc(OC)c(OC)c(OC)c1[N+](=O)[O-])[C@H](C)COC. The van der Waals surface area contributed by atoms with Crippen LogP contribution < -0.4 is 14.2 Å². The topological polar surface area (TPSA) is 100 Å². The van der Waals surface area contributed by atoms with E-state index in [1.54, 1.807) is 13.8 Å². The minimum atomic E-state index is -0.664. The van der Waals surface area contributed by atoms with Crippen LogP contribution in [0, 0.1) is 10.1 Å². The van der Waals surface area contributed by atoms with Gasteiger partial charge in [0.05, 0.1) is 38.9 Å². The van der Waals surface area contributed by atoms with Crippen LogP contribution >= 0.6 is 0 Å². The van der Waals surface area contributed by atoms with Crippen LogP contribution in [0.4, 0.5) is 5.69 Å². The molecule has 9 heteroatoms. The van der Waals surface area contributed by atoms with E-state index in [4.69, 9.17) is 18.9 Å². The zero-order valence-electron chi connectivity index (χ0n) is 15.3. The number of ether oxygens (including phenoxy) is 4. The Bertz CT molecular complexity index is 633. The fourth-order valence-corrected chi connectivity index (χ4v) is 2.63. The van der Waals surface area contributed by atoms with E-state index in [0.29, 0.717) is 13.2 Å². The molecule has 0 heterocycles. The summed E-state index contributed by atoms with van der Waals surface area (Å²) in [6.45, 7) is 4.25. The normalized spacial score (nSPS) is 11.6. The first kappa shape index (κ1) is 20.5. The van der Waals surface area contributed by atoms with Crippen LogP contribution in [0.1, 0.15) is 24.2 Å². The summed E-state index contributed by atoms with van der Waals surface area (Å²) in [6, 6.07) is 1.03. The summed E-state index contributed by atoms with van der Waals surface area (Å²) in [5, 5.41) is 11.6. The van der Waals surface area contributed by atoms with E-state index < -0.39 is 16.5 Å². The van der Waals surface area contributed by atoms with Gasteiger partial charge in [0.15, 0.2) is 5.75 Å². The molecule has 0 bridgehead atoms. The van der Waals surface area contributed by atoms with Crippen LogP contribution in [0.2, 0.25) is 0 Å². The standard InChI is InChI=1S/C16H24N2O7/c1-7-17(10(2)9-22-3)16(19)11-8-12(23-4)14(24-5)15(25-6)13(11)18(20)21/h8,10H,7,9H2,1-6H3/t10-/m1/s1. The summed E-state index contributed by atoms with van der Waals surface area (Å²) in [7, 11) is 5.51. The van der Waals surface area contributed by atoms with Crippen LogP contribution in [0.15, 0.2) is 6.07 Å². The molecular weight excluding hydrogens is 332 g/mol. The molecule has 25 heavy (non-hydrogen) atoms. The molecule has 0 saturated heterocycles. The molecule has 0 spiro atoms. The lowest BCUT2D eigenvalue weighted by atomic mass is 10.1. The molecule has 0 fully saturated rings. The number of nitrogens with zero attached hydrogens (tertiary/aromatic N) is 2. The quantitative estimate of drug-likeness (QED) is 0.493. The van der Waals surface area contributed by atoms with Crippen LogP contribution in [0.5, 0.6) is 17.2 Å².